The Bertz CT molecular complexity index is 179. The summed E-state index contributed by atoms with van der Waals surface area (Å²) in [5.74, 6) is 2.36. The first kappa shape index (κ1) is 9.99. The van der Waals surface area contributed by atoms with E-state index in [0.29, 0.717) is 13.0 Å². The van der Waals surface area contributed by atoms with Crippen molar-refractivity contribution in [3.05, 3.63) is 0 Å². The Balaban J connectivity index is 3.86. The van der Waals surface area contributed by atoms with Crippen molar-refractivity contribution in [2.45, 2.75) is 25.8 Å². The van der Waals surface area contributed by atoms with Crippen LogP contribution >= 0.6 is 0 Å². The van der Waals surface area contributed by atoms with E-state index in [1.165, 1.54) is 0 Å². The maximum absolute atomic E-state index is 10.9. The molecule has 3 nitrogen and oxygen atoms in total. The zero-order valence-electron chi connectivity index (χ0n) is 6.98. The fourth-order valence-corrected chi connectivity index (χ4v) is 0.578. The van der Waals surface area contributed by atoms with Gasteiger partial charge in [0.25, 0.3) is 0 Å². The molecule has 0 radical (unpaired) electrons. The summed E-state index contributed by atoms with van der Waals surface area (Å²) in [6.07, 6.45) is 5.48. The molecule has 0 spiro atoms. The number of carbonyl (C=O) groups excluding carboxylic acids is 1. The van der Waals surface area contributed by atoms with Crippen molar-refractivity contribution in [2.24, 2.45) is 5.73 Å². The molecular formula is C8H14N2O. The van der Waals surface area contributed by atoms with E-state index in [0.717, 1.165) is 0 Å². The van der Waals surface area contributed by atoms with Crippen molar-refractivity contribution in [3.63, 3.8) is 0 Å². The maximum Gasteiger partial charge on any atom is 0.222 e. The molecule has 0 aromatic rings. The van der Waals surface area contributed by atoms with E-state index in [9.17, 15) is 4.79 Å². The van der Waals surface area contributed by atoms with Crippen molar-refractivity contribution in [1.82, 2.24) is 5.32 Å². The number of hydrogen-bond acceptors (Lipinski definition) is 2. The van der Waals surface area contributed by atoms with E-state index in [-0.39, 0.29) is 5.91 Å². The van der Waals surface area contributed by atoms with Gasteiger partial charge in [-0.25, -0.2) is 0 Å². The zero-order valence-corrected chi connectivity index (χ0v) is 6.98. The largest absolute Gasteiger partial charge is 0.340 e. The molecule has 0 heterocycles. The topological polar surface area (TPSA) is 55.1 Å². The Labute approximate surface area is 67.3 Å². The first-order valence-electron chi connectivity index (χ1n) is 3.50. The normalized spacial score (nSPS) is 10.4. The predicted octanol–water partition coefficient (Wildman–Crippen LogP) is -0.137. The second-order valence-electron chi connectivity index (χ2n) is 2.86. The van der Waals surface area contributed by atoms with E-state index < -0.39 is 5.54 Å². The van der Waals surface area contributed by atoms with Gasteiger partial charge < -0.3 is 11.1 Å². The second-order valence-corrected chi connectivity index (χ2v) is 2.86. The van der Waals surface area contributed by atoms with Gasteiger partial charge in [-0.05, 0) is 13.8 Å². The van der Waals surface area contributed by atoms with Crippen LogP contribution in [-0.2, 0) is 4.79 Å². The first-order valence-corrected chi connectivity index (χ1v) is 3.50. The molecule has 0 saturated heterocycles. The summed E-state index contributed by atoms with van der Waals surface area (Å²) < 4.78 is 0. The highest BCUT2D eigenvalue weighted by molar-refractivity contribution is 5.77. The first-order chi connectivity index (χ1) is 5.02. The maximum atomic E-state index is 10.9. The molecule has 62 valence electrons. The standard InChI is InChI=1S/C8H14N2O/c1-4-8(2,3)10-7(11)5-6-9/h1H,5-6,9H2,2-3H3,(H,10,11). The molecule has 0 fully saturated rings. The molecule has 3 heteroatoms. The summed E-state index contributed by atoms with van der Waals surface area (Å²) in [4.78, 5) is 10.9. The average molecular weight is 154 g/mol. The average Bonchev–Trinajstić information content (AvgIpc) is 1.87. The molecule has 0 aromatic carbocycles. The molecule has 0 bridgehead atoms. The monoisotopic (exact) mass is 154 g/mol. The second kappa shape index (κ2) is 3.99. The summed E-state index contributed by atoms with van der Waals surface area (Å²) in [6, 6.07) is 0. The predicted molar refractivity (Wildman–Crippen MR) is 44.7 cm³/mol. The van der Waals surface area contributed by atoms with Crippen molar-refractivity contribution in [2.75, 3.05) is 6.54 Å². The Morgan fingerprint density at radius 1 is 1.73 bits per heavy atom. The molecule has 1 amide bonds. The lowest BCUT2D eigenvalue weighted by Crippen LogP contribution is -2.42. The Morgan fingerprint density at radius 2 is 2.27 bits per heavy atom. The SMILES string of the molecule is C#CC(C)(C)NC(=O)CCN. The Hall–Kier alpha value is -1.01. The van der Waals surface area contributed by atoms with Crippen LogP contribution in [0.15, 0.2) is 0 Å². The van der Waals surface area contributed by atoms with Gasteiger partial charge in [-0.1, -0.05) is 5.92 Å². The number of hydrogen-bond donors (Lipinski definition) is 2. The molecule has 11 heavy (non-hydrogen) atoms. The quantitative estimate of drug-likeness (QED) is 0.556. The number of terminal acetylenes is 1. The molecule has 3 N–H and O–H groups in total. The fraction of sp³-hybridized carbons (Fsp3) is 0.625. The minimum atomic E-state index is -0.563. The smallest absolute Gasteiger partial charge is 0.222 e. The van der Waals surface area contributed by atoms with Crippen LogP contribution < -0.4 is 11.1 Å². The van der Waals surface area contributed by atoms with Gasteiger partial charge in [-0.15, -0.1) is 6.42 Å². The molecule has 0 aliphatic carbocycles. The van der Waals surface area contributed by atoms with Crippen LogP contribution in [0.5, 0.6) is 0 Å². The van der Waals surface area contributed by atoms with E-state index >= 15 is 0 Å². The van der Waals surface area contributed by atoms with Gasteiger partial charge in [0.1, 0.15) is 0 Å². The molecule has 0 aliphatic rings. The molecule has 0 saturated carbocycles. The number of nitrogens with one attached hydrogen (secondary N) is 1. The summed E-state index contributed by atoms with van der Waals surface area (Å²) in [5.41, 5.74) is 4.61. The Kier molecular flexibility index (Phi) is 3.63. The van der Waals surface area contributed by atoms with Crippen LogP contribution in [0.1, 0.15) is 20.3 Å². The highest BCUT2D eigenvalue weighted by Gasteiger charge is 2.15. The molecule has 0 unspecified atom stereocenters. The highest BCUT2D eigenvalue weighted by atomic mass is 16.1. The van der Waals surface area contributed by atoms with Crippen molar-refractivity contribution in [1.29, 1.82) is 0 Å². The van der Waals surface area contributed by atoms with Gasteiger partial charge >= 0.3 is 0 Å². The van der Waals surface area contributed by atoms with Crippen LogP contribution in [0.4, 0.5) is 0 Å². The minimum absolute atomic E-state index is 0.101. The van der Waals surface area contributed by atoms with Crippen molar-refractivity contribution < 1.29 is 4.79 Å². The third kappa shape index (κ3) is 4.40. The summed E-state index contributed by atoms with van der Waals surface area (Å²) in [7, 11) is 0. The summed E-state index contributed by atoms with van der Waals surface area (Å²) in [6.45, 7) is 3.88. The van der Waals surface area contributed by atoms with Gasteiger partial charge in [-0.3, -0.25) is 4.79 Å². The van der Waals surface area contributed by atoms with Crippen LogP contribution in [0.25, 0.3) is 0 Å². The lowest BCUT2D eigenvalue weighted by molar-refractivity contribution is -0.121. The molecular weight excluding hydrogens is 140 g/mol. The van der Waals surface area contributed by atoms with Crippen molar-refractivity contribution in [3.8, 4) is 12.3 Å². The van der Waals surface area contributed by atoms with Gasteiger partial charge in [0.15, 0.2) is 0 Å². The van der Waals surface area contributed by atoms with Crippen LogP contribution in [0.3, 0.4) is 0 Å². The lowest BCUT2D eigenvalue weighted by Gasteiger charge is -2.18. The van der Waals surface area contributed by atoms with E-state index in [1.807, 2.05) is 0 Å². The van der Waals surface area contributed by atoms with E-state index in [4.69, 9.17) is 12.2 Å². The van der Waals surface area contributed by atoms with E-state index in [1.54, 1.807) is 13.8 Å². The third-order valence-electron chi connectivity index (χ3n) is 1.18. The van der Waals surface area contributed by atoms with E-state index in [2.05, 4.69) is 11.2 Å². The van der Waals surface area contributed by atoms with Gasteiger partial charge in [0, 0.05) is 13.0 Å². The third-order valence-corrected chi connectivity index (χ3v) is 1.18. The Morgan fingerprint density at radius 3 is 2.64 bits per heavy atom. The fourth-order valence-electron chi connectivity index (χ4n) is 0.578. The number of amides is 1. The number of rotatable bonds is 3. The minimum Gasteiger partial charge on any atom is -0.340 e. The molecule has 0 aromatic heterocycles. The van der Waals surface area contributed by atoms with Crippen LogP contribution in [0.2, 0.25) is 0 Å². The molecule has 0 atom stereocenters. The van der Waals surface area contributed by atoms with Crippen molar-refractivity contribution >= 4 is 5.91 Å². The van der Waals surface area contributed by atoms with Gasteiger partial charge in [0.2, 0.25) is 5.91 Å². The summed E-state index contributed by atoms with van der Waals surface area (Å²) in [5, 5.41) is 2.65. The highest BCUT2D eigenvalue weighted by Crippen LogP contribution is 1.98. The molecule has 0 rings (SSSR count). The zero-order chi connectivity index (χ0) is 8.91. The number of carbonyl (C=O) groups is 1. The lowest BCUT2D eigenvalue weighted by atomic mass is 10.1. The van der Waals surface area contributed by atoms with Gasteiger partial charge in [-0.2, -0.15) is 0 Å². The van der Waals surface area contributed by atoms with Crippen LogP contribution in [-0.4, -0.2) is 18.0 Å². The van der Waals surface area contributed by atoms with Crippen LogP contribution in [0, 0.1) is 12.3 Å². The van der Waals surface area contributed by atoms with Gasteiger partial charge in [0.05, 0.1) is 5.54 Å². The number of nitrogens with two attached hydrogens (primary N) is 1. The molecule has 0 aliphatic heterocycles. The summed E-state index contributed by atoms with van der Waals surface area (Å²) >= 11 is 0.